The third-order valence-electron chi connectivity index (χ3n) is 5.86. The van der Waals surface area contributed by atoms with Crippen LogP contribution >= 0.6 is 0 Å². The molecule has 3 atom stereocenters. The van der Waals surface area contributed by atoms with E-state index >= 15 is 0 Å². The Bertz CT molecular complexity index is 1070. The Morgan fingerprint density at radius 1 is 1.14 bits per heavy atom. The number of sulfonamides is 1. The van der Waals surface area contributed by atoms with E-state index < -0.39 is 28.3 Å². The monoisotopic (exact) mass is 503 g/mol. The average Bonchev–Trinajstić information content (AvgIpc) is 2.85. The van der Waals surface area contributed by atoms with Crippen molar-refractivity contribution in [2.24, 2.45) is 5.92 Å². The summed E-state index contributed by atoms with van der Waals surface area (Å²) >= 11 is 0. The average molecular weight is 504 g/mol. The van der Waals surface area contributed by atoms with E-state index in [1.165, 1.54) is 23.5 Å². The van der Waals surface area contributed by atoms with Crippen molar-refractivity contribution >= 4 is 16.1 Å². The van der Waals surface area contributed by atoms with Gasteiger partial charge in [-0.2, -0.15) is 9.57 Å². The van der Waals surface area contributed by atoms with Crippen molar-refractivity contribution < 1.29 is 28.2 Å². The van der Waals surface area contributed by atoms with Crippen LogP contribution in [0.1, 0.15) is 31.7 Å². The lowest BCUT2D eigenvalue weighted by atomic mass is 9.99. The minimum Gasteiger partial charge on any atom is -0.497 e. The van der Waals surface area contributed by atoms with E-state index in [4.69, 9.17) is 10.00 Å². The van der Waals surface area contributed by atoms with Gasteiger partial charge in [-0.3, -0.25) is 0 Å². The number of amides is 1. The predicted octanol–water partition coefficient (Wildman–Crippen LogP) is 3.26. The van der Waals surface area contributed by atoms with Crippen LogP contribution in [0.2, 0.25) is 0 Å². The van der Waals surface area contributed by atoms with Gasteiger partial charge in [0.25, 0.3) is 0 Å². The van der Waals surface area contributed by atoms with Gasteiger partial charge >= 0.3 is 6.09 Å². The van der Waals surface area contributed by atoms with Gasteiger partial charge in [0.15, 0.2) is 0 Å². The number of benzene rings is 2. The number of hydrogen-bond acceptors (Lipinski definition) is 6. The molecule has 3 N–H and O–H groups in total. The minimum atomic E-state index is -4.03. The van der Waals surface area contributed by atoms with Crippen LogP contribution in [0.4, 0.5) is 4.79 Å². The highest BCUT2D eigenvalue weighted by Crippen LogP contribution is 2.23. The topological polar surface area (TPSA) is 140 Å². The summed E-state index contributed by atoms with van der Waals surface area (Å²) in [5, 5.41) is 31.7. The SMILES string of the molecule is CC[C@@H](CCC#N)CN(C[C@H](O)[C@H](Cc1ccccc1)NC(=O)O)S(=O)(=O)c1ccc(OC)cc1. The molecule has 0 fully saturated rings. The third-order valence-corrected chi connectivity index (χ3v) is 7.71. The molecule has 35 heavy (non-hydrogen) atoms. The van der Waals surface area contributed by atoms with E-state index in [9.17, 15) is 23.4 Å². The summed E-state index contributed by atoms with van der Waals surface area (Å²) < 4.78 is 33.4. The molecule has 2 aromatic rings. The number of nitrogens with zero attached hydrogens (tertiary/aromatic N) is 2. The normalized spacial score (nSPS) is 14.0. The largest absolute Gasteiger partial charge is 0.497 e. The second kappa shape index (κ2) is 13.7. The van der Waals surface area contributed by atoms with Crippen LogP contribution in [-0.4, -0.2) is 61.4 Å². The zero-order valence-corrected chi connectivity index (χ0v) is 20.8. The number of aliphatic hydroxyl groups is 1. The molecule has 1 amide bonds. The van der Waals surface area contributed by atoms with Gasteiger partial charge in [-0.25, -0.2) is 13.2 Å². The molecule has 0 bridgehead atoms. The first-order valence-corrected chi connectivity index (χ1v) is 12.9. The Labute approximate surface area is 207 Å². The number of nitrogens with one attached hydrogen (secondary N) is 1. The number of carbonyl (C=O) groups is 1. The van der Waals surface area contributed by atoms with Gasteiger partial charge in [0.1, 0.15) is 5.75 Å². The van der Waals surface area contributed by atoms with Crippen LogP contribution in [0, 0.1) is 17.2 Å². The molecule has 0 heterocycles. The maximum atomic E-state index is 13.6. The molecule has 0 aliphatic heterocycles. The van der Waals surface area contributed by atoms with Crippen LogP contribution < -0.4 is 10.1 Å². The summed E-state index contributed by atoms with van der Waals surface area (Å²) in [5.74, 6) is 0.402. The standard InChI is InChI=1S/C25H33N3O6S/c1-3-19(10-7-15-26)17-28(35(32,33)22-13-11-21(34-2)12-14-22)18-24(29)23(27-25(30)31)16-20-8-5-4-6-9-20/h4-6,8-9,11-14,19,23-24,27,29H,3,7,10,16-18H2,1-2H3,(H,30,31)/t19-,23-,24-/m0/s1. The molecule has 0 radical (unpaired) electrons. The number of rotatable bonds is 14. The van der Waals surface area contributed by atoms with Crippen molar-refractivity contribution in [3.8, 4) is 11.8 Å². The zero-order chi connectivity index (χ0) is 25.8. The molecule has 2 aromatic carbocycles. The van der Waals surface area contributed by atoms with Gasteiger partial charge in [-0.15, -0.1) is 0 Å². The van der Waals surface area contributed by atoms with Crippen LogP contribution in [0.3, 0.4) is 0 Å². The fourth-order valence-corrected chi connectivity index (χ4v) is 5.33. The molecule has 10 heteroatoms. The molecule has 0 saturated heterocycles. The summed E-state index contributed by atoms with van der Waals surface area (Å²) in [5.41, 5.74) is 0.801. The molecular weight excluding hydrogens is 470 g/mol. The van der Waals surface area contributed by atoms with E-state index in [0.717, 1.165) is 5.56 Å². The van der Waals surface area contributed by atoms with Crippen molar-refractivity contribution in [2.75, 3.05) is 20.2 Å². The Kier molecular flexibility index (Phi) is 11.0. The lowest BCUT2D eigenvalue weighted by Crippen LogP contribution is -2.51. The molecule has 2 rings (SSSR count). The molecular formula is C25H33N3O6S. The number of hydrogen-bond donors (Lipinski definition) is 3. The molecule has 0 spiro atoms. The Morgan fingerprint density at radius 3 is 2.34 bits per heavy atom. The molecule has 190 valence electrons. The van der Waals surface area contributed by atoms with Gasteiger partial charge < -0.3 is 20.3 Å². The first-order chi connectivity index (χ1) is 16.7. The molecule has 0 aliphatic carbocycles. The van der Waals surface area contributed by atoms with E-state index in [1.54, 1.807) is 24.3 Å². The zero-order valence-electron chi connectivity index (χ0n) is 20.0. The maximum Gasteiger partial charge on any atom is 0.404 e. The number of aliphatic hydroxyl groups excluding tert-OH is 1. The Balaban J connectivity index is 2.35. The van der Waals surface area contributed by atoms with Gasteiger partial charge in [0, 0.05) is 19.5 Å². The highest BCUT2D eigenvalue weighted by molar-refractivity contribution is 7.89. The van der Waals surface area contributed by atoms with Crippen molar-refractivity contribution in [2.45, 2.75) is 49.6 Å². The minimum absolute atomic E-state index is 0.0337. The van der Waals surface area contributed by atoms with Crippen molar-refractivity contribution in [3.05, 3.63) is 60.2 Å². The second-order valence-corrected chi connectivity index (χ2v) is 10.2. The molecule has 9 nitrogen and oxygen atoms in total. The van der Waals surface area contributed by atoms with Gasteiger partial charge in [0.05, 0.1) is 30.2 Å². The summed E-state index contributed by atoms with van der Waals surface area (Å²) in [7, 11) is -2.54. The number of ether oxygens (including phenoxy) is 1. The summed E-state index contributed by atoms with van der Waals surface area (Å²) in [6.07, 6.45) is -0.987. The van der Waals surface area contributed by atoms with E-state index in [2.05, 4.69) is 11.4 Å². The maximum absolute atomic E-state index is 13.6. The van der Waals surface area contributed by atoms with Crippen molar-refractivity contribution in [1.29, 1.82) is 5.26 Å². The first kappa shape index (κ1) is 28.1. The van der Waals surface area contributed by atoms with Gasteiger partial charge in [-0.05, 0) is 48.6 Å². The predicted molar refractivity (Wildman–Crippen MR) is 131 cm³/mol. The third kappa shape index (κ3) is 8.55. The summed E-state index contributed by atoms with van der Waals surface area (Å²) in [6, 6.07) is 16.2. The molecule has 0 saturated carbocycles. The lowest BCUT2D eigenvalue weighted by Gasteiger charge is -2.31. The van der Waals surface area contributed by atoms with Crippen molar-refractivity contribution in [3.63, 3.8) is 0 Å². The second-order valence-electron chi connectivity index (χ2n) is 8.28. The van der Waals surface area contributed by atoms with Crippen LogP contribution in [0.15, 0.2) is 59.5 Å². The van der Waals surface area contributed by atoms with Gasteiger partial charge in [-0.1, -0.05) is 43.7 Å². The lowest BCUT2D eigenvalue weighted by molar-refractivity contribution is 0.0964. The molecule has 0 unspecified atom stereocenters. The fourth-order valence-electron chi connectivity index (χ4n) is 3.79. The molecule has 0 aliphatic rings. The molecule has 0 aromatic heterocycles. The summed E-state index contributed by atoms with van der Waals surface area (Å²) in [6.45, 7) is 1.70. The highest BCUT2D eigenvalue weighted by Gasteiger charge is 2.32. The fraction of sp³-hybridized carbons (Fsp3) is 0.440. The quantitative estimate of drug-likeness (QED) is 0.359. The first-order valence-electron chi connectivity index (χ1n) is 11.4. The van der Waals surface area contributed by atoms with Crippen LogP contribution in [0.25, 0.3) is 0 Å². The van der Waals surface area contributed by atoms with E-state index in [1.807, 2.05) is 25.1 Å². The Morgan fingerprint density at radius 2 is 1.80 bits per heavy atom. The number of methoxy groups -OCH3 is 1. The van der Waals surface area contributed by atoms with Crippen LogP contribution in [-0.2, 0) is 16.4 Å². The highest BCUT2D eigenvalue weighted by atomic mass is 32.2. The van der Waals surface area contributed by atoms with Crippen molar-refractivity contribution in [1.82, 2.24) is 9.62 Å². The number of carboxylic acid groups (broad SMARTS) is 1. The number of nitriles is 1. The summed E-state index contributed by atoms with van der Waals surface area (Å²) in [4.78, 5) is 11.4. The van der Waals surface area contributed by atoms with E-state index in [0.29, 0.717) is 18.6 Å². The van der Waals surface area contributed by atoms with E-state index in [-0.39, 0.29) is 36.7 Å². The Hall–Kier alpha value is -3.13. The van der Waals surface area contributed by atoms with Crippen LogP contribution in [0.5, 0.6) is 5.75 Å². The smallest absolute Gasteiger partial charge is 0.404 e. The van der Waals surface area contributed by atoms with Gasteiger partial charge in [0.2, 0.25) is 10.0 Å².